The zero-order valence-electron chi connectivity index (χ0n) is 11.8. The first kappa shape index (κ1) is 16.2. The molecule has 1 aromatic carbocycles. The molecule has 0 bridgehead atoms. The van der Waals surface area contributed by atoms with Crippen molar-refractivity contribution in [1.29, 1.82) is 0 Å². The predicted octanol–water partition coefficient (Wildman–Crippen LogP) is 0.808. The van der Waals surface area contributed by atoms with Gasteiger partial charge < -0.3 is 10.6 Å². The average Bonchev–Trinajstić information content (AvgIpc) is 2.53. The zero-order chi connectivity index (χ0) is 14.7. The van der Waals surface area contributed by atoms with E-state index in [1.807, 2.05) is 12.1 Å². The van der Waals surface area contributed by atoms with Crippen LogP contribution >= 0.6 is 12.4 Å². The molecule has 2 aromatic rings. The number of halogens is 1. The van der Waals surface area contributed by atoms with E-state index >= 15 is 0 Å². The maximum Gasteiger partial charge on any atom is 0.271 e. The second kappa shape index (κ2) is 7.20. The lowest BCUT2D eigenvalue weighted by molar-refractivity contribution is 0.0943. The molecular formula is C15H17ClN4O2. The predicted molar refractivity (Wildman–Crippen MR) is 85.3 cm³/mol. The highest BCUT2D eigenvalue weighted by molar-refractivity contribution is 5.92. The number of aromatic nitrogens is 2. The Labute approximate surface area is 133 Å². The molecule has 0 fully saturated rings. The van der Waals surface area contributed by atoms with Gasteiger partial charge in [0.1, 0.15) is 5.69 Å². The van der Waals surface area contributed by atoms with Crippen LogP contribution in [0.15, 0.2) is 41.2 Å². The Morgan fingerprint density at radius 2 is 2.09 bits per heavy atom. The summed E-state index contributed by atoms with van der Waals surface area (Å²) in [5, 5.41) is 12.2. The minimum absolute atomic E-state index is 0. The first-order chi connectivity index (χ1) is 10.2. The van der Waals surface area contributed by atoms with Gasteiger partial charge in [-0.3, -0.25) is 9.59 Å². The summed E-state index contributed by atoms with van der Waals surface area (Å²) in [4.78, 5) is 22.9. The van der Waals surface area contributed by atoms with Crippen LogP contribution in [0.25, 0.3) is 0 Å². The number of fused-ring (bicyclic) bond motifs is 1. The minimum Gasteiger partial charge on any atom is -0.349 e. The largest absolute Gasteiger partial charge is 0.349 e. The van der Waals surface area contributed by atoms with E-state index in [-0.39, 0.29) is 35.6 Å². The third-order valence-corrected chi connectivity index (χ3v) is 3.59. The summed E-state index contributed by atoms with van der Waals surface area (Å²) in [5.74, 6) is -0.295. The van der Waals surface area contributed by atoms with Gasteiger partial charge in [-0.15, -0.1) is 12.4 Å². The maximum atomic E-state index is 12.0. The van der Waals surface area contributed by atoms with Gasteiger partial charge in [0.05, 0.1) is 0 Å². The summed E-state index contributed by atoms with van der Waals surface area (Å²) in [7, 11) is 0. The Morgan fingerprint density at radius 3 is 2.86 bits per heavy atom. The van der Waals surface area contributed by atoms with Gasteiger partial charge in [0.15, 0.2) is 0 Å². The van der Waals surface area contributed by atoms with Crippen molar-refractivity contribution < 1.29 is 4.79 Å². The standard InChI is InChI=1S/C15H16N4O2.ClH/c20-14-6-5-12(18-19-14)15(21)17-9-13-11-4-2-1-3-10(11)7-8-16-13;/h1-6,13,16H,7-9H2,(H,17,21)(H,19,20);1H. The van der Waals surface area contributed by atoms with Crippen molar-refractivity contribution in [3.8, 4) is 0 Å². The summed E-state index contributed by atoms with van der Waals surface area (Å²) >= 11 is 0. The maximum absolute atomic E-state index is 12.0. The molecule has 1 amide bonds. The van der Waals surface area contributed by atoms with Crippen LogP contribution in [-0.4, -0.2) is 29.2 Å². The molecule has 0 radical (unpaired) electrons. The van der Waals surface area contributed by atoms with E-state index in [0.717, 1.165) is 13.0 Å². The Balaban J connectivity index is 0.00000176. The van der Waals surface area contributed by atoms with E-state index in [4.69, 9.17) is 0 Å². The first-order valence-electron chi connectivity index (χ1n) is 6.89. The third kappa shape index (κ3) is 3.52. The number of hydrogen-bond donors (Lipinski definition) is 3. The molecule has 3 rings (SSSR count). The number of amides is 1. The summed E-state index contributed by atoms with van der Waals surface area (Å²) in [6.45, 7) is 1.38. The molecule has 0 spiro atoms. The molecule has 0 aliphatic carbocycles. The minimum atomic E-state index is -0.325. The van der Waals surface area contributed by atoms with Crippen LogP contribution in [0.5, 0.6) is 0 Å². The van der Waals surface area contributed by atoms with Gasteiger partial charge in [0, 0.05) is 18.7 Å². The van der Waals surface area contributed by atoms with Crippen LogP contribution in [-0.2, 0) is 6.42 Å². The van der Waals surface area contributed by atoms with Crippen molar-refractivity contribution in [1.82, 2.24) is 20.8 Å². The SMILES string of the molecule is Cl.O=C(NCC1NCCc2ccccc21)c1ccc(=O)[nH]n1. The molecule has 1 atom stereocenters. The lowest BCUT2D eigenvalue weighted by Gasteiger charge is -2.27. The second-order valence-corrected chi connectivity index (χ2v) is 4.97. The van der Waals surface area contributed by atoms with Crippen LogP contribution in [0, 0.1) is 0 Å². The fraction of sp³-hybridized carbons (Fsp3) is 0.267. The van der Waals surface area contributed by atoms with Crippen molar-refractivity contribution in [2.24, 2.45) is 0 Å². The van der Waals surface area contributed by atoms with Crippen LogP contribution in [0.4, 0.5) is 0 Å². The van der Waals surface area contributed by atoms with Gasteiger partial charge in [-0.25, -0.2) is 5.10 Å². The molecule has 0 saturated heterocycles. The summed E-state index contributed by atoms with van der Waals surface area (Å²) in [6.07, 6.45) is 1.00. The smallest absolute Gasteiger partial charge is 0.271 e. The van der Waals surface area contributed by atoms with Crippen molar-refractivity contribution in [2.75, 3.05) is 13.1 Å². The number of aromatic amines is 1. The molecule has 1 aliphatic rings. The van der Waals surface area contributed by atoms with E-state index in [2.05, 4.69) is 33.0 Å². The molecule has 1 aliphatic heterocycles. The molecular weight excluding hydrogens is 304 g/mol. The van der Waals surface area contributed by atoms with Crippen molar-refractivity contribution >= 4 is 18.3 Å². The van der Waals surface area contributed by atoms with Crippen molar-refractivity contribution in [3.05, 3.63) is 63.6 Å². The highest BCUT2D eigenvalue weighted by Crippen LogP contribution is 2.21. The fourth-order valence-corrected chi connectivity index (χ4v) is 2.53. The molecule has 2 heterocycles. The summed E-state index contributed by atoms with van der Waals surface area (Å²) in [6, 6.07) is 11.0. The molecule has 0 saturated carbocycles. The second-order valence-electron chi connectivity index (χ2n) is 4.97. The Hall–Kier alpha value is -2.18. The molecule has 1 unspecified atom stereocenters. The Kier molecular flexibility index (Phi) is 5.30. The normalized spacial score (nSPS) is 16.3. The molecule has 7 heteroatoms. The van der Waals surface area contributed by atoms with Gasteiger partial charge in [-0.1, -0.05) is 24.3 Å². The van der Waals surface area contributed by atoms with E-state index in [9.17, 15) is 9.59 Å². The molecule has 116 valence electrons. The van der Waals surface area contributed by atoms with Gasteiger partial charge in [-0.2, -0.15) is 5.10 Å². The highest BCUT2D eigenvalue weighted by atomic mass is 35.5. The zero-order valence-corrected chi connectivity index (χ0v) is 12.7. The average molecular weight is 321 g/mol. The number of carbonyl (C=O) groups is 1. The number of nitrogens with zero attached hydrogens (tertiary/aromatic N) is 1. The Bertz CT molecular complexity index is 696. The fourth-order valence-electron chi connectivity index (χ4n) is 2.53. The van der Waals surface area contributed by atoms with Crippen molar-refractivity contribution in [3.63, 3.8) is 0 Å². The summed E-state index contributed by atoms with van der Waals surface area (Å²) < 4.78 is 0. The molecule has 6 nitrogen and oxygen atoms in total. The number of carbonyl (C=O) groups excluding carboxylic acids is 1. The molecule has 3 N–H and O–H groups in total. The number of hydrogen-bond acceptors (Lipinski definition) is 4. The van der Waals surface area contributed by atoms with Crippen LogP contribution < -0.4 is 16.2 Å². The lowest BCUT2D eigenvalue weighted by Crippen LogP contribution is -2.39. The third-order valence-electron chi connectivity index (χ3n) is 3.59. The van der Waals surface area contributed by atoms with Gasteiger partial charge >= 0.3 is 0 Å². The topological polar surface area (TPSA) is 86.9 Å². The quantitative estimate of drug-likeness (QED) is 0.781. The highest BCUT2D eigenvalue weighted by Gasteiger charge is 2.20. The number of benzene rings is 1. The van der Waals surface area contributed by atoms with Crippen LogP contribution in [0.1, 0.15) is 27.7 Å². The summed E-state index contributed by atoms with van der Waals surface area (Å²) in [5.41, 5.74) is 2.42. The number of H-pyrrole nitrogens is 1. The van der Waals surface area contributed by atoms with Gasteiger partial charge in [0.25, 0.3) is 11.5 Å². The molecule has 22 heavy (non-hydrogen) atoms. The monoisotopic (exact) mass is 320 g/mol. The van der Waals surface area contributed by atoms with Crippen LogP contribution in [0.2, 0.25) is 0 Å². The van der Waals surface area contributed by atoms with E-state index in [1.165, 1.54) is 23.3 Å². The Morgan fingerprint density at radius 1 is 1.27 bits per heavy atom. The van der Waals surface area contributed by atoms with E-state index in [1.54, 1.807) is 0 Å². The van der Waals surface area contributed by atoms with Crippen LogP contribution in [0.3, 0.4) is 0 Å². The first-order valence-corrected chi connectivity index (χ1v) is 6.89. The number of rotatable bonds is 3. The molecule has 1 aromatic heterocycles. The van der Waals surface area contributed by atoms with E-state index < -0.39 is 0 Å². The van der Waals surface area contributed by atoms with E-state index in [0.29, 0.717) is 6.54 Å². The lowest BCUT2D eigenvalue weighted by atomic mass is 9.94. The number of nitrogens with one attached hydrogen (secondary N) is 3. The van der Waals surface area contributed by atoms with Gasteiger partial charge in [0.2, 0.25) is 0 Å². The van der Waals surface area contributed by atoms with Crippen molar-refractivity contribution in [2.45, 2.75) is 12.5 Å². The van der Waals surface area contributed by atoms with Gasteiger partial charge in [-0.05, 0) is 30.2 Å².